The zero-order chi connectivity index (χ0) is 17.1. The smallest absolute Gasteiger partial charge is 0.235 e. The topological polar surface area (TPSA) is 38.1 Å². The maximum Gasteiger partial charge on any atom is 0.235 e. The van der Waals surface area contributed by atoms with Crippen molar-refractivity contribution in [1.29, 1.82) is 0 Å². The SMILES string of the molecule is CC1CCN(C(=O)[C@@H](C)Sc2nccn2-c2cccc(F)c2)CC1. The number of aromatic nitrogens is 2. The molecule has 1 aliphatic rings. The first kappa shape index (κ1) is 17.0. The highest BCUT2D eigenvalue weighted by Gasteiger charge is 2.26. The summed E-state index contributed by atoms with van der Waals surface area (Å²) in [5.74, 6) is 0.563. The van der Waals surface area contributed by atoms with Crippen molar-refractivity contribution in [1.82, 2.24) is 14.5 Å². The van der Waals surface area contributed by atoms with Crippen molar-refractivity contribution in [2.45, 2.75) is 37.1 Å². The van der Waals surface area contributed by atoms with Crippen LogP contribution >= 0.6 is 11.8 Å². The molecular weight excluding hydrogens is 325 g/mol. The Balaban J connectivity index is 1.70. The van der Waals surface area contributed by atoms with E-state index >= 15 is 0 Å². The predicted molar refractivity (Wildman–Crippen MR) is 93.8 cm³/mol. The van der Waals surface area contributed by atoms with Gasteiger partial charge in [0.05, 0.1) is 10.9 Å². The molecule has 0 aliphatic carbocycles. The Bertz CT molecular complexity index is 710. The summed E-state index contributed by atoms with van der Waals surface area (Å²) in [6, 6.07) is 6.37. The van der Waals surface area contributed by atoms with Crippen molar-refractivity contribution in [3.63, 3.8) is 0 Å². The summed E-state index contributed by atoms with van der Waals surface area (Å²) < 4.78 is 15.3. The minimum absolute atomic E-state index is 0.153. The van der Waals surface area contributed by atoms with Crippen LogP contribution in [-0.2, 0) is 4.79 Å². The van der Waals surface area contributed by atoms with Crippen LogP contribution in [0.1, 0.15) is 26.7 Å². The van der Waals surface area contributed by atoms with Crippen LogP contribution in [0.3, 0.4) is 0 Å². The monoisotopic (exact) mass is 347 g/mol. The number of benzene rings is 1. The average Bonchev–Trinajstić information content (AvgIpc) is 3.03. The normalized spacial score (nSPS) is 17.0. The van der Waals surface area contributed by atoms with E-state index in [1.165, 1.54) is 23.9 Å². The number of thioether (sulfide) groups is 1. The number of halogens is 1. The molecule has 1 fully saturated rings. The van der Waals surface area contributed by atoms with Crippen LogP contribution in [0.5, 0.6) is 0 Å². The van der Waals surface area contributed by atoms with Crippen molar-refractivity contribution in [2.24, 2.45) is 5.92 Å². The van der Waals surface area contributed by atoms with Gasteiger partial charge in [0.2, 0.25) is 5.91 Å². The quantitative estimate of drug-likeness (QED) is 0.791. The standard InChI is InChI=1S/C18H22FN3OS/c1-13-6-9-21(10-7-13)17(23)14(2)24-18-20-8-11-22(18)16-5-3-4-15(19)12-16/h3-5,8,11-14H,6-7,9-10H2,1-2H3/t14-/m1/s1. The van der Waals surface area contributed by atoms with Crippen molar-refractivity contribution in [3.05, 3.63) is 42.5 Å². The van der Waals surface area contributed by atoms with Crippen LogP contribution in [0.4, 0.5) is 4.39 Å². The van der Waals surface area contributed by atoms with Crippen LogP contribution in [0.25, 0.3) is 5.69 Å². The van der Waals surface area contributed by atoms with E-state index in [0.29, 0.717) is 16.8 Å². The molecule has 1 aromatic heterocycles. The van der Waals surface area contributed by atoms with E-state index in [1.807, 2.05) is 22.5 Å². The van der Waals surface area contributed by atoms with Crippen molar-refractivity contribution in [2.75, 3.05) is 13.1 Å². The van der Waals surface area contributed by atoms with Gasteiger partial charge in [0.25, 0.3) is 0 Å². The maximum atomic E-state index is 13.5. The van der Waals surface area contributed by atoms with E-state index in [2.05, 4.69) is 11.9 Å². The molecule has 1 saturated heterocycles. The molecule has 24 heavy (non-hydrogen) atoms. The molecule has 1 aliphatic heterocycles. The molecule has 2 heterocycles. The molecule has 0 radical (unpaired) electrons. The highest BCUT2D eigenvalue weighted by Crippen LogP contribution is 2.27. The Morgan fingerprint density at radius 2 is 2.12 bits per heavy atom. The lowest BCUT2D eigenvalue weighted by molar-refractivity contribution is -0.131. The summed E-state index contributed by atoms with van der Waals surface area (Å²) in [6.07, 6.45) is 5.60. The molecule has 4 nitrogen and oxygen atoms in total. The van der Waals surface area contributed by atoms with Crippen molar-refractivity contribution < 1.29 is 9.18 Å². The highest BCUT2D eigenvalue weighted by molar-refractivity contribution is 8.00. The minimum Gasteiger partial charge on any atom is -0.342 e. The first-order valence-electron chi connectivity index (χ1n) is 8.29. The van der Waals surface area contributed by atoms with E-state index in [0.717, 1.165) is 25.9 Å². The number of piperidine rings is 1. The molecule has 1 amide bonds. The molecule has 0 unspecified atom stereocenters. The Morgan fingerprint density at radius 1 is 1.38 bits per heavy atom. The number of nitrogens with zero attached hydrogens (tertiary/aromatic N) is 3. The summed E-state index contributed by atoms with van der Waals surface area (Å²) in [5, 5.41) is 0.486. The maximum absolute atomic E-state index is 13.5. The third kappa shape index (κ3) is 3.80. The second kappa shape index (κ2) is 7.38. The second-order valence-electron chi connectivity index (χ2n) is 6.33. The number of hydrogen-bond acceptors (Lipinski definition) is 3. The van der Waals surface area contributed by atoms with E-state index in [1.54, 1.807) is 18.5 Å². The molecule has 0 bridgehead atoms. The van der Waals surface area contributed by atoms with Crippen molar-refractivity contribution in [3.8, 4) is 5.69 Å². The van der Waals surface area contributed by atoms with Gasteiger partial charge in [0, 0.05) is 25.5 Å². The van der Waals surface area contributed by atoms with Gasteiger partial charge in [0.1, 0.15) is 5.82 Å². The second-order valence-corrected chi connectivity index (χ2v) is 7.64. The molecule has 0 saturated carbocycles. The van der Waals surface area contributed by atoms with E-state index in [9.17, 15) is 9.18 Å². The van der Waals surface area contributed by atoms with Gasteiger partial charge in [-0.25, -0.2) is 9.37 Å². The van der Waals surface area contributed by atoms with E-state index in [-0.39, 0.29) is 17.0 Å². The van der Waals surface area contributed by atoms with Gasteiger partial charge < -0.3 is 4.90 Å². The molecule has 128 valence electrons. The third-order valence-electron chi connectivity index (χ3n) is 4.42. The van der Waals surface area contributed by atoms with Crippen LogP contribution in [0.15, 0.2) is 41.8 Å². The fourth-order valence-corrected chi connectivity index (χ4v) is 3.86. The molecule has 6 heteroatoms. The van der Waals surface area contributed by atoms with Gasteiger partial charge in [-0.3, -0.25) is 9.36 Å². The number of rotatable bonds is 4. The molecule has 0 N–H and O–H groups in total. The van der Waals surface area contributed by atoms with Gasteiger partial charge in [-0.2, -0.15) is 0 Å². The van der Waals surface area contributed by atoms with Crippen molar-refractivity contribution >= 4 is 17.7 Å². The Morgan fingerprint density at radius 3 is 2.83 bits per heavy atom. The summed E-state index contributed by atoms with van der Waals surface area (Å²) in [7, 11) is 0. The lowest BCUT2D eigenvalue weighted by Crippen LogP contribution is -2.41. The number of likely N-dealkylation sites (tertiary alicyclic amines) is 1. The minimum atomic E-state index is -0.288. The summed E-state index contributed by atoms with van der Waals surface area (Å²) in [4.78, 5) is 18.9. The van der Waals surface area contributed by atoms with Crippen LogP contribution in [-0.4, -0.2) is 38.7 Å². The van der Waals surface area contributed by atoms with Gasteiger partial charge in [-0.1, -0.05) is 24.8 Å². The van der Waals surface area contributed by atoms with E-state index in [4.69, 9.17) is 0 Å². The van der Waals surface area contributed by atoms with Gasteiger partial charge >= 0.3 is 0 Å². The number of carbonyl (C=O) groups is 1. The molecule has 2 aromatic rings. The van der Waals surface area contributed by atoms with Gasteiger partial charge in [0.15, 0.2) is 5.16 Å². The van der Waals surface area contributed by atoms with Gasteiger partial charge in [-0.05, 0) is 43.9 Å². The Kier molecular flexibility index (Phi) is 5.23. The van der Waals surface area contributed by atoms with Gasteiger partial charge in [-0.15, -0.1) is 0 Å². The molecule has 0 spiro atoms. The zero-order valence-electron chi connectivity index (χ0n) is 14.0. The summed E-state index contributed by atoms with van der Waals surface area (Å²) in [5.41, 5.74) is 0.710. The van der Waals surface area contributed by atoms with Crippen LogP contribution < -0.4 is 0 Å². The molecule has 1 atom stereocenters. The lowest BCUT2D eigenvalue weighted by Gasteiger charge is -2.32. The fourth-order valence-electron chi connectivity index (χ4n) is 2.89. The Hall–Kier alpha value is -1.82. The number of carbonyl (C=O) groups excluding carboxylic acids is 1. The number of hydrogen-bond donors (Lipinski definition) is 0. The van der Waals surface area contributed by atoms with Crippen LogP contribution in [0, 0.1) is 11.7 Å². The predicted octanol–water partition coefficient (Wildman–Crippen LogP) is 3.75. The largest absolute Gasteiger partial charge is 0.342 e. The summed E-state index contributed by atoms with van der Waals surface area (Å²) >= 11 is 1.42. The van der Waals surface area contributed by atoms with E-state index < -0.39 is 0 Å². The third-order valence-corrected chi connectivity index (χ3v) is 5.49. The molecular formula is C18H22FN3OS. The zero-order valence-corrected chi connectivity index (χ0v) is 14.8. The fraction of sp³-hybridized carbons (Fsp3) is 0.444. The molecule has 3 rings (SSSR count). The lowest BCUT2D eigenvalue weighted by atomic mass is 9.99. The first-order valence-corrected chi connectivity index (χ1v) is 9.17. The molecule has 1 aromatic carbocycles. The number of imidazole rings is 1. The summed E-state index contributed by atoms with van der Waals surface area (Å²) in [6.45, 7) is 5.82. The number of amides is 1. The first-order chi connectivity index (χ1) is 11.5. The average molecular weight is 347 g/mol. The highest BCUT2D eigenvalue weighted by atomic mass is 32.2. The van der Waals surface area contributed by atoms with Crippen LogP contribution in [0.2, 0.25) is 0 Å². The Labute approximate surface area is 146 Å².